The molecule has 4 amide bonds. The van der Waals surface area contributed by atoms with Crippen molar-refractivity contribution in [2.75, 3.05) is 13.7 Å². The first-order valence-corrected chi connectivity index (χ1v) is 13.2. The maximum absolute atomic E-state index is 13.3. The molecule has 0 aliphatic carbocycles. The number of nitrogens with zero attached hydrogens (tertiary/aromatic N) is 3. The van der Waals surface area contributed by atoms with Gasteiger partial charge in [-0.05, 0) is 61.3 Å². The molecule has 2 saturated heterocycles. The van der Waals surface area contributed by atoms with Gasteiger partial charge in [-0.15, -0.1) is 0 Å². The zero-order chi connectivity index (χ0) is 29.1. The molecule has 3 aliphatic rings. The predicted molar refractivity (Wildman–Crippen MR) is 145 cm³/mol. The number of rotatable bonds is 4. The van der Waals surface area contributed by atoms with E-state index in [2.05, 4.69) is 29.0 Å². The summed E-state index contributed by atoms with van der Waals surface area (Å²) in [6.45, 7) is 0.706. The topological polar surface area (TPSA) is 139 Å². The van der Waals surface area contributed by atoms with Gasteiger partial charge in [0.05, 0.1) is 18.1 Å². The standard InChI is InChI=1S/C30H26N4O7/c1-41-26-17-20(12-13-24(26)34(39)40)29(37)32-16-5-4-10-21(32)9-3-2-7-19-8-6-11-22-23(19)18-33(30(22)38)25-14-15-27(35)31-28(25)36/h6,8,11-13,17,21,25H,4-5,10,14-16,18H2,1H3,(H,31,35,36)/t21-,25?/m0/s1. The summed E-state index contributed by atoms with van der Waals surface area (Å²) in [6, 6.07) is 8.16. The number of methoxy groups -OCH3 is 1. The molecule has 1 unspecified atom stereocenters. The van der Waals surface area contributed by atoms with Crippen LogP contribution in [0.15, 0.2) is 36.4 Å². The van der Waals surface area contributed by atoms with Crippen LogP contribution in [0.1, 0.15) is 63.9 Å². The third-order valence-electron chi connectivity index (χ3n) is 7.47. The Labute approximate surface area is 236 Å². The molecular weight excluding hydrogens is 528 g/mol. The van der Waals surface area contributed by atoms with Crippen LogP contribution >= 0.6 is 0 Å². The van der Waals surface area contributed by atoms with Crippen molar-refractivity contribution in [3.05, 3.63) is 68.8 Å². The van der Waals surface area contributed by atoms with Crippen LogP contribution in [-0.2, 0) is 16.1 Å². The van der Waals surface area contributed by atoms with E-state index in [4.69, 9.17) is 4.74 Å². The lowest BCUT2D eigenvalue weighted by atomic mass is 10.0. The minimum atomic E-state index is -0.709. The molecule has 11 heteroatoms. The van der Waals surface area contributed by atoms with Crippen LogP contribution in [0.4, 0.5) is 5.69 Å². The van der Waals surface area contributed by atoms with Gasteiger partial charge in [0, 0.05) is 48.3 Å². The zero-order valence-electron chi connectivity index (χ0n) is 22.3. The number of hydrogen-bond acceptors (Lipinski definition) is 7. The Morgan fingerprint density at radius 1 is 1.12 bits per heavy atom. The molecule has 2 atom stereocenters. The molecule has 1 N–H and O–H groups in total. The van der Waals surface area contributed by atoms with Crippen LogP contribution < -0.4 is 10.1 Å². The van der Waals surface area contributed by atoms with Gasteiger partial charge in [0.2, 0.25) is 11.8 Å². The number of amides is 4. The molecule has 2 aromatic rings. The van der Waals surface area contributed by atoms with E-state index in [9.17, 15) is 29.3 Å². The Morgan fingerprint density at radius 2 is 1.95 bits per heavy atom. The van der Waals surface area contributed by atoms with Gasteiger partial charge in [-0.2, -0.15) is 0 Å². The number of piperidine rings is 2. The Kier molecular flexibility index (Phi) is 7.70. The quantitative estimate of drug-likeness (QED) is 0.265. The number of carbonyl (C=O) groups excluding carboxylic acids is 4. The van der Waals surface area contributed by atoms with Gasteiger partial charge in [0.1, 0.15) is 6.04 Å². The molecule has 3 aliphatic heterocycles. The molecule has 208 valence electrons. The number of fused-ring (bicyclic) bond motifs is 1. The van der Waals surface area contributed by atoms with Crippen molar-refractivity contribution in [3.63, 3.8) is 0 Å². The Hall–Kier alpha value is -5.16. The highest BCUT2D eigenvalue weighted by Crippen LogP contribution is 2.30. The second-order valence-electron chi connectivity index (χ2n) is 9.90. The lowest BCUT2D eigenvalue weighted by molar-refractivity contribution is -0.385. The van der Waals surface area contributed by atoms with Gasteiger partial charge in [-0.25, -0.2) is 0 Å². The first-order valence-electron chi connectivity index (χ1n) is 13.2. The van der Waals surface area contributed by atoms with Crippen LogP contribution in [0.3, 0.4) is 0 Å². The smallest absolute Gasteiger partial charge is 0.310 e. The fourth-order valence-electron chi connectivity index (χ4n) is 5.37. The molecule has 3 heterocycles. The Morgan fingerprint density at radius 3 is 2.71 bits per heavy atom. The fourth-order valence-corrected chi connectivity index (χ4v) is 5.37. The van der Waals surface area contributed by atoms with Gasteiger partial charge in [0.15, 0.2) is 5.75 Å². The molecule has 2 aromatic carbocycles. The van der Waals surface area contributed by atoms with Crippen LogP contribution in [-0.4, -0.2) is 64.1 Å². The summed E-state index contributed by atoms with van der Waals surface area (Å²) in [5.41, 5.74) is 1.85. The maximum Gasteiger partial charge on any atom is 0.310 e. The summed E-state index contributed by atoms with van der Waals surface area (Å²) >= 11 is 0. The number of nitro benzene ring substituents is 1. The second-order valence-corrected chi connectivity index (χ2v) is 9.90. The molecule has 0 spiro atoms. The van der Waals surface area contributed by atoms with E-state index in [0.717, 1.165) is 12.8 Å². The minimum Gasteiger partial charge on any atom is -0.490 e. The third kappa shape index (κ3) is 5.48. The first kappa shape index (κ1) is 27.4. The number of nitrogens with one attached hydrogen (secondary N) is 1. The number of ether oxygens (including phenoxy) is 1. The van der Waals surface area contributed by atoms with Gasteiger partial charge in [-0.1, -0.05) is 17.9 Å². The SMILES string of the molecule is COc1cc(C(=O)N2CCCC[C@@H]2C#CC#Cc2cccc3c2CN(C2CCC(=O)NC2=O)C3=O)ccc1[N+](=O)[O-]. The number of nitro groups is 1. The number of benzene rings is 2. The number of hydrogen-bond donors (Lipinski definition) is 1. The fraction of sp³-hybridized carbons (Fsp3) is 0.333. The summed E-state index contributed by atoms with van der Waals surface area (Å²) in [5, 5.41) is 13.5. The largest absolute Gasteiger partial charge is 0.490 e. The maximum atomic E-state index is 13.3. The average Bonchev–Trinajstić information content (AvgIpc) is 3.31. The molecular formula is C30H26N4O7. The molecule has 0 bridgehead atoms. The van der Waals surface area contributed by atoms with Crippen LogP contribution in [0.2, 0.25) is 0 Å². The van der Waals surface area contributed by atoms with E-state index in [1.807, 2.05) is 0 Å². The van der Waals surface area contributed by atoms with E-state index in [0.29, 0.717) is 29.7 Å². The first-order chi connectivity index (χ1) is 19.8. The Balaban J connectivity index is 1.33. The van der Waals surface area contributed by atoms with Crippen molar-refractivity contribution in [2.24, 2.45) is 0 Å². The normalized spacial score (nSPS) is 19.8. The molecule has 5 rings (SSSR count). The van der Waals surface area contributed by atoms with Crippen molar-refractivity contribution < 1.29 is 28.8 Å². The zero-order valence-corrected chi connectivity index (χ0v) is 22.3. The van der Waals surface area contributed by atoms with Gasteiger partial charge >= 0.3 is 5.69 Å². The van der Waals surface area contributed by atoms with E-state index < -0.39 is 16.9 Å². The van der Waals surface area contributed by atoms with E-state index in [1.165, 1.54) is 30.2 Å². The van der Waals surface area contributed by atoms with Gasteiger partial charge < -0.3 is 14.5 Å². The summed E-state index contributed by atoms with van der Waals surface area (Å²) in [4.78, 5) is 63.9. The number of carbonyl (C=O) groups is 4. The molecule has 11 nitrogen and oxygen atoms in total. The average molecular weight is 555 g/mol. The highest BCUT2D eigenvalue weighted by molar-refractivity contribution is 6.05. The molecule has 0 aromatic heterocycles. The van der Waals surface area contributed by atoms with Crippen LogP contribution in [0.5, 0.6) is 5.75 Å². The van der Waals surface area contributed by atoms with Crippen molar-refractivity contribution in [2.45, 2.75) is 50.7 Å². The van der Waals surface area contributed by atoms with E-state index in [1.54, 1.807) is 23.1 Å². The third-order valence-corrected chi connectivity index (χ3v) is 7.47. The van der Waals surface area contributed by atoms with E-state index >= 15 is 0 Å². The number of imide groups is 1. The lowest BCUT2D eigenvalue weighted by Crippen LogP contribution is -2.52. The Bertz CT molecular complexity index is 1590. The molecule has 41 heavy (non-hydrogen) atoms. The molecule has 0 saturated carbocycles. The van der Waals surface area contributed by atoms with Crippen molar-refractivity contribution in [1.29, 1.82) is 0 Å². The van der Waals surface area contributed by atoms with Crippen LogP contribution in [0, 0.1) is 33.8 Å². The molecule has 2 fully saturated rings. The highest BCUT2D eigenvalue weighted by Gasteiger charge is 2.39. The molecule has 0 radical (unpaired) electrons. The van der Waals surface area contributed by atoms with Crippen molar-refractivity contribution >= 4 is 29.3 Å². The second kappa shape index (κ2) is 11.5. The van der Waals surface area contributed by atoms with Crippen molar-refractivity contribution in [1.82, 2.24) is 15.1 Å². The van der Waals surface area contributed by atoms with Crippen LogP contribution in [0.25, 0.3) is 0 Å². The lowest BCUT2D eigenvalue weighted by Gasteiger charge is -2.32. The van der Waals surface area contributed by atoms with E-state index in [-0.39, 0.29) is 60.2 Å². The summed E-state index contributed by atoms with van der Waals surface area (Å²) in [7, 11) is 1.31. The summed E-state index contributed by atoms with van der Waals surface area (Å²) < 4.78 is 5.11. The summed E-state index contributed by atoms with van der Waals surface area (Å²) in [5.74, 6) is 10.4. The highest BCUT2D eigenvalue weighted by atomic mass is 16.6. The van der Waals surface area contributed by atoms with Crippen molar-refractivity contribution in [3.8, 4) is 29.4 Å². The monoisotopic (exact) mass is 554 g/mol. The minimum absolute atomic E-state index is 0.0106. The van der Waals surface area contributed by atoms with Gasteiger partial charge in [-0.3, -0.25) is 34.6 Å². The summed E-state index contributed by atoms with van der Waals surface area (Å²) in [6.07, 6.45) is 2.83. The predicted octanol–water partition coefficient (Wildman–Crippen LogP) is 2.41. The van der Waals surface area contributed by atoms with Gasteiger partial charge in [0.25, 0.3) is 11.8 Å². The number of likely N-dealkylation sites (tertiary alicyclic amines) is 1.